The summed E-state index contributed by atoms with van der Waals surface area (Å²) in [5, 5.41) is 7.25. The molecule has 0 aromatic carbocycles. The molecule has 128 valence electrons. The molecule has 1 saturated heterocycles. The van der Waals surface area contributed by atoms with E-state index in [-0.39, 0.29) is 12.0 Å². The number of piperazine rings is 1. The van der Waals surface area contributed by atoms with Gasteiger partial charge in [-0.05, 0) is 20.8 Å². The van der Waals surface area contributed by atoms with E-state index in [4.69, 9.17) is 4.74 Å². The molecule has 2 rings (SSSR count). The Hall–Kier alpha value is -2.09. The van der Waals surface area contributed by atoms with Crippen molar-refractivity contribution in [2.24, 2.45) is 7.05 Å². The third kappa shape index (κ3) is 4.22. The number of rotatable bonds is 4. The SMILES string of the molecule is CCOC(=O)N1CC[NH+](CC(=O)Nc2c(C)nn(C)c2C)CC1. The van der Waals surface area contributed by atoms with Gasteiger partial charge in [0.25, 0.3) is 5.91 Å². The first-order valence-electron chi connectivity index (χ1n) is 7.97. The maximum absolute atomic E-state index is 12.2. The molecule has 0 unspecified atom stereocenters. The number of nitrogens with zero attached hydrogens (tertiary/aromatic N) is 3. The van der Waals surface area contributed by atoms with E-state index in [1.54, 1.807) is 16.5 Å². The van der Waals surface area contributed by atoms with E-state index in [2.05, 4.69) is 10.4 Å². The van der Waals surface area contributed by atoms with Gasteiger partial charge in [-0.25, -0.2) is 4.79 Å². The van der Waals surface area contributed by atoms with Crippen molar-refractivity contribution in [3.8, 4) is 0 Å². The molecule has 2 amide bonds. The Morgan fingerprint density at radius 2 is 1.96 bits per heavy atom. The van der Waals surface area contributed by atoms with Gasteiger partial charge in [0.1, 0.15) is 0 Å². The minimum atomic E-state index is -0.266. The highest BCUT2D eigenvalue weighted by atomic mass is 16.6. The zero-order valence-electron chi connectivity index (χ0n) is 14.3. The van der Waals surface area contributed by atoms with Crippen molar-refractivity contribution in [1.29, 1.82) is 0 Å². The van der Waals surface area contributed by atoms with Crippen LogP contribution in [0.1, 0.15) is 18.3 Å². The predicted molar refractivity (Wildman–Crippen MR) is 85.5 cm³/mol. The number of carbonyl (C=O) groups excluding carboxylic acids is 2. The van der Waals surface area contributed by atoms with Crippen molar-refractivity contribution in [2.45, 2.75) is 20.8 Å². The minimum absolute atomic E-state index is 0.0243. The highest BCUT2D eigenvalue weighted by Crippen LogP contribution is 2.17. The zero-order valence-corrected chi connectivity index (χ0v) is 14.3. The smallest absolute Gasteiger partial charge is 0.410 e. The van der Waals surface area contributed by atoms with Crippen molar-refractivity contribution in [3.63, 3.8) is 0 Å². The number of aryl methyl sites for hydroxylation is 2. The van der Waals surface area contributed by atoms with Gasteiger partial charge in [0, 0.05) is 7.05 Å². The number of quaternary nitrogens is 1. The van der Waals surface area contributed by atoms with Crippen molar-refractivity contribution < 1.29 is 19.2 Å². The highest BCUT2D eigenvalue weighted by molar-refractivity contribution is 5.92. The fourth-order valence-electron chi connectivity index (χ4n) is 2.76. The Balaban J connectivity index is 1.82. The lowest BCUT2D eigenvalue weighted by Crippen LogP contribution is -3.15. The summed E-state index contributed by atoms with van der Waals surface area (Å²) < 4.78 is 6.75. The van der Waals surface area contributed by atoms with Gasteiger partial charge in [-0.1, -0.05) is 0 Å². The molecule has 0 spiro atoms. The summed E-state index contributed by atoms with van der Waals surface area (Å²) >= 11 is 0. The number of hydrogen-bond acceptors (Lipinski definition) is 4. The summed E-state index contributed by atoms with van der Waals surface area (Å²) in [6, 6.07) is 0. The zero-order chi connectivity index (χ0) is 17.0. The van der Waals surface area contributed by atoms with E-state index < -0.39 is 0 Å². The number of hydrogen-bond donors (Lipinski definition) is 2. The van der Waals surface area contributed by atoms with Gasteiger partial charge in [0.15, 0.2) is 6.54 Å². The number of aromatic nitrogens is 2. The first kappa shape index (κ1) is 17.3. The van der Waals surface area contributed by atoms with Crippen molar-refractivity contribution in [2.75, 3.05) is 44.6 Å². The molecule has 1 aromatic heterocycles. The Bertz CT molecular complexity index is 576. The third-order valence-electron chi connectivity index (χ3n) is 4.18. The molecule has 0 atom stereocenters. The van der Waals surface area contributed by atoms with E-state index in [0.717, 1.165) is 30.2 Å². The van der Waals surface area contributed by atoms with Crippen molar-refractivity contribution in [1.82, 2.24) is 14.7 Å². The molecule has 2 heterocycles. The van der Waals surface area contributed by atoms with Crippen LogP contribution in [0.25, 0.3) is 0 Å². The normalized spacial score (nSPS) is 15.6. The van der Waals surface area contributed by atoms with Crippen LogP contribution < -0.4 is 10.2 Å². The molecular weight excluding hydrogens is 298 g/mol. The first-order valence-corrected chi connectivity index (χ1v) is 7.97. The predicted octanol–water partition coefficient (Wildman–Crippen LogP) is -0.668. The number of anilines is 1. The number of ether oxygens (including phenoxy) is 1. The lowest BCUT2D eigenvalue weighted by atomic mass is 10.3. The first-order chi connectivity index (χ1) is 10.9. The lowest BCUT2D eigenvalue weighted by Gasteiger charge is -2.31. The summed E-state index contributed by atoms with van der Waals surface area (Å²) in [6.07, 6.45) is -0.266. The molecule has 1 aromatic rings. The van der Waals surface area contributed by atoms with Crippen molar-refractivity contribution in [3.05, 3.63) is 11.4 Å². The third-order valence-corrected chi connectivity index (χ3v) is 4.18. The molecule has 2 N–H and O–H groups in total. The van der Waals surface area contributed by atoms with E-state index in [1.165, 1.54) is 4.90 Å². The maximum atomic E-state index is 12.2. The Morgan fingerprint density at radius 3 is 2.48 bits per heavy atom. The van der Waals surface area contributed by atoms with Gasteiger partial charge in [-0.2, -0.15) is 5.10 Å². The van der Waals surface area contributed by atoms with E-state index in [0.29, 0.717) is 26.2 Å². The Morgan fingerprint density at radius 1 is 1.30 bits per heavy atom. The molecule has 1 aliphatic rings. The van der Waals surface area contributed by atoms with Crippen LogP contribution in [-0.2, 0) is 16.6 Å². The van der Waals surface area contributed by atoms with Crippen LogP contribution >= 0.6 is 0 Å². The number of nitrogens with one attached hydrogen (secondary N) is 2. The van der Waals surface area contributed by atoms with Gasteiger partial charge in [0.05, 0.1) is 49.9 Å². The lowest BCUT2D eigenvalue weighted by molar-refractivity contribution is -0.895. The van der Waals surface area contributed by atoms with Crippen LogP contribution in [0.4, 0.5) is 10.5 Å². The topological polar surface area (TPSA) is 80.9 Å². The second-order valence-corrected chi connectivity index (χ2v) is 5.83. The fraction of sp³-hybridized carbons (Fsp3) is 0.667. The van der Waals surface area contributed by atoms with Crippen LogP contribution in [0, 0.1) is 13.8 Å². The molecule has 23 heavy (non-hydrogen) atoms. The molecule has 8 nitrogen and oxygen atoms in total. The minimum Gasteiger partial charge on any atom is -0.450 e. The average molecular weight is 324 g/mol. The van der Waals surface area contributed by atoms with Crippen molar-refractivity contribution >= 4 is 17.7 Å². The molecule has 0 bridgehead atoms. The maximum Gasteiger partial charge on any atom is 0.410 e. The summed E-state index contributed by atoms with van der Waals surface area (Å²) in [5.74, 6) is -0.0243. The molecule has 1 fully saturated rings. The summed E-state index contributed by atoms with van der Waals surface area (Å²) in [6.45, 7) is 9.12. The van der Waals surface area contributed by atoms with Crippen LogP contribution in [0.15, 0.2) is 0 Å². The molecule has 8 heteroatoms. The summed E-state index contributed by atoms with van der Waals surface area (Å²) in [5.41, 5.74) is 2.56. The standard InChI is InChI=1S/C15H25N5O3/c1-5-23-15(22)20-8-6-19(7-9-20)10-13(21)16-14-11(2)17-18(4)12(14)3/h5-10H2,1-4H3,(H,16,21)/p+1. The second kappa shape index (κ2) is 7.45. The molecule has 0 radical (unpaired) electrons. The summed E-state index contributed by atoms with van der Waals surface area (Å²) in [7, 11) is 1.86. The molecule has 0 aliphatic carbocycles. The van der Waals surface area contributed by atoms with E-state index >= 15 is 0 Å². The molecule has 1 aliphatic heterocycles. The fourth-order valence-corrected chi connectivity index (χ4v) is 2.76. The number of amides is 2. The number of carbonyl (C=O) groups is 2. The molecule has 0 saturated carbocycles. The van der Waals surface area contributed by atoms with Gasteiger partial charge < -0.3 is 15.0 Å². The Labute approximate surface area is 136 Å². The average Bonchev–Trinajstić information content (AvgIpc) is 2.74. The van der Waals surface area contributed by atoms with E-state index in [1.807, 2.05) is 20.9 Å². The summed E-state index contributed by atoms with van der Waals surface area (Å²) in [4.78, 5) is 26.8. The van der Waals surface area contributed by atoms with Gasteiger partial charge in [-0.3, -0.25) is 14.4 Å². The van der Waals surface area contributed by atoms with Gasteiger partial charge >= 0.3 is 6.09 Å². The molecular formula is C15H26N5O3+. The van der Waals surface area contributed by atoms with Gasteiger partial charge in [0.2, 0.25) is 0 Å². The Kier molecular flexibility index (Phi) is 5.59. The van der Waals surface area contributed by atoms with Gasteiger partial charge in [-0.15, -0.1) is 0 Å². The van der Waals surface area contributed by atoms with E-state index in [9.17, 15) is 9.59 Å². The van der Waals surface area contributed by atoms with Crippen LogP contribution in [-0.4, -0.2) is 66.0 Å². The van der Waals surface area contributed by atoms with Crippen LogP contribution in [0.2, 0.25) is 0 Å². The van der Waals surface area contributed by atoms with Crippen LogP contribution in [0.5, 0.6) is 0 Å². The van der Waals surface area contributed by atoms with Crippen LogP contribution in [0.3, 0.4) is 0 Å². The monoisotopic (exact) mass is 324 g/mol. The largest absolute Gasteiger partial charge is 0.450 e. The second-order valence-electron chi connectivity index (χ2n) is 5.83. The quantitative estimate of drug-likeness (QED) is 0.770. The highest BCUT2D eigenvalue weighted by Gasteiger charge is 2.26.